The molecule has 0 aromatic carbocycles. The second-order valence-electron chi connectivity index (χ2n) is 4.32. The molecule has 1 atom stereocenters. The summed E-state index contributed by atoms with van der Waals surface area (Å²) >= 11 is 1.78. The number of hydrogen-bond acceptors (Lipinski definition) is 3. The van der Waals surface area contributed by atoms with E-state index >= 15 is 0 Å². The molecule has 0 fully saturated rings. The van der Waals surface area contributed by atoms with E-state index in [9.17, 15) is 0 Å². The molecule has 18 heavy (non-hydrogen) atoms. The SMILES string of the molecule is CCCCc1cc(OC(C)OCC)n(C)c1SC. The Bertz CT molecular complexity index is 363. The molecule has 0 radical (unpaired) electrons. The summed E-state index contributed by atoms with van der Waals surface area (Å²) in [7, 11) is 2.05. The lowest BCUT2D eigenvalue weighted by atomic mass is 10.1. The summed E-state index contributed by atoms with van der Waals surface area (Å²) in [6.07, 6.45) is 5.47. The molecule has 0 bridgehead atoms. The van der Waals surface area contributed by atoms with Crippen LogP contribution >= 0.6 is 11.8 Å². The topological polar surface area (TPSA) is 23.4 Å². The molecule has 0 aliphatic rings. The van der Waals surface area contributed by atoms with E-state index in [1.54, 1.807) is 11.8 Å². The minimum Gasteiger partial charge on any atom is -0.450 e. The molecule has 1 heterocycles. The number of thioether (sulfide) groups is 1. The van der Waals surface area contributed by atoms with E-state index in [-0.39, 0.29) is 6.29 Å². The highest BCUT2D eigenvalue weighted by Crippen LogP contribution is 2.30. The Morgan fingerprint density at radius 2 is 2.11 bits per heavy atom. The van der Waals surface area contributed by atoms with Gasteiger partial charge in [-0.05, 0) is 38.5 Å². The van der Waals surface area contributed by atoms with Crippen molar-refractivity contribution < 1.29 is 9.47 Å². The van der Waals surface area contributed by atoms with Crippen molar-refractivity contribution in [1.29, 1.82) is 0 Å². The van der Waals surface area contributed by atoms with Gasteiger partial charge in [-0.1, -0.05) is 13.3 Å². The van der Waals surface area contributed by atoms with E-state index < -0.39 is 0 Å². The molecule has 1 rings (SSSR count). The van der Waals surface area contributed by atoms with Crippen LogP contribution in [-0.4, -0.2) is 23.7 Å². The average molecular weight is 271 g/mol. The van der Waals surface area contributed by atoms with E-state index in [0.717, 1.165) is 12.3 Å². The van der Waals surface area contributed by atoms with Crippen LogP contribution < -0.4 is 4.74 Å². The van der Waals surface area contributed by atoms with Crippen molar-refractivity contribution in [1.82, 2.24) is 4.57 Å². The second-order valence-corrected chi connectivity index (χ2v) is 5.12. The first kappa shape index (κ1) is 15.4. The normalized spacial score (nSPS) is 12.7. The van der Waals surface area contributed by atoms with E-state index in [4.69, 9.17) is 9.47 Å². The molecule has 0 spiro atoms. The largest absolute Gasteiger partial charge is 0.450 e. The monoisotopic (exact) mass is 271 g/mol. The number of aryl methyl sites for hydroxylation is 1. The number of aromatic nitrogens is 1. The minimum atomic E-state index is -0.197. The van der Waals surface area contributed by atoms with E-state index in [2.05, 4.69) is 30.9 Å². The Hall–Kier alpha value is -0.610. The maximum Gasteiger partial charge on any atom is 0.198 e. The Morgan fingerprint density at radius 1 is 1.39 bits per heavy atom. The third-order valence-corrected chi connectivity index (χ3v) is 3.81. The highest BCUT2D eigenvalue weighted by Gasteiger charge is 2.14. The lowest BCUT2D eigenvalue weighted by Gasteiger charge is -2.14. The van der Waals surface area contributed by atoms with Crippen LogP contribution in [0.2, 0.25) is 0 Å². The van der Waals surface area contributed by atoms with Gasteiger partial charge in [0.05, 0.1) is 5.03 Å². The molecule has 3 nitrogen and oxygen atoms in total. The summed E-state index contributed by atoms with van der Waals surface area (Å²) in [5.41, 5.74) is 1.38. The summed E-state index contributed by atoms with van der Waals surface area (Å²) in [6, 6.07) is 2.15. The van der Waals surface area contributed by atoms with Gasteiger partial charge in [-0.25, -0.2) is 0 Å². The molecule has 1 aromatic heterocycles. The van der Waals surface area contributed by atoms with Gasteiger partial charge in [0.2, 0.25) is 0 Å². The smallest absolute Gasteiger partial charge is 0.198 e. The predicted molar refractivity (Wildman–Crippen MR) is 77.5 cm³/mol. The molecule has 0 saturated carbocycles. The van der Waals surface area contributed by atoms with Gasteiger partial charge in [0, 0.05) is 19.7 Å². The third kappa shape index (κ3) is 3.95. The lowest BCUT2D eigenvalue weighted by Crippen LogP contribution is -2.17. The van der Waals surface area contributed by atoms with Crippen LogP contribution in [0.15, 0.2) is 11.1 Å². The van der Waals surface area contributed by atoms with Gasteiger partial charge in [-0.3, -0.25) is 0 Å². The highest BCUT2D eigenvalue weighted by atomic mass is 32.2. The molecule has 0 saturated heterocycles. The van der Waals surface area contributed by atoms with Crippen LogP contribution in [-0.2, 0) is 18.2 Å². The summed E-state index contributed by atoms with van der Waals surface area (Å²) in [6.45, 7) is 6.80. The van der Waals surface area contributed by atoms with Crippen LogP contribution in [0.25, 0.3) is 0 Å². The summed E-state index contributed by atoms with van der Waals surface area (Å²) in [5.74, 6) is 0.895. The number of hydrogen-bond donors (Lipinski definition) is 0. The zero-order valence-corrected chi connectivity index (χ0v) is 13.0. The molecule has 1 aromatic rings. The molecule has 0 aliphatic heterocycles. The van der Waals surface area contributed by atoms with Crippen LogP contribution in [0.4, 0.5) is 0 Å². The Kier molecular flexibility index (Phi) is 6.65. The number of ether oxygens (including phenoxy) is 2. The van der Waals surface area contributed by atoms with Crippen LogP contribution in [0.1, 0.15) is 39.2 Å². The van der Waals surface area contributed by atoms with Crippen LogP contribution in [0, 0.1) is 0 Å². The van der Waals surface area contributed by atoms with Crippen molar-refractivity contribution >= 4 is 11.8 Å². The van der Waals surface area contributed by atoms with Gasteiger partial charge in [-0.2, -0.15) is 0 Å². The fourth-order valence-corrected chi connectivity index (χ4v) is 2.78. The molecule has 0 aliphatic carbocycles. The van der Waals surface area contributed by atoms with Crippen LogP contribution in [0.5, 0.6) is 5.88 Å². The summed E-state index contributed by atoms with van der Waals surface area (Å²) in [5, 5.41) is 1.29. The molecule has 0 amide bonds. The lowest BCUT2D eigenvalue weighted by molar-refractivity contribution is -0.0653. The van der Waals surface area contributed by atoms with E-state index in [1.807, 2.05) is 13.8 Å². The van der Waals surface area contributed by atoms with Gasteiger partial charge in [0.15, 0.2) is 12.2 Å². The fraction of sp³-hybridized carbons (Fsp3) is 0.714. The fourth-order valence-electron chi connectivity index (χ4n) is 1.99. The first-order valence-corrected chi connectivity index (χ1v) is 7.87. The number of rotatable bonds is 8. The molecule has 104 valence electrons. The maximum absolute atomic E-state index is 5.82. The second kappa shape index (κ2) is 7.74. The van der Waals surface area contributed by atoms with Crippen molar-refractivity contribution in [2.75, 3.05) is 12.9 Å². The van der Waals surface area contributed by atoms with Gasteiger partial charge in [0.1, 0.15) is 0 Å². The Morgan fingerprint density at radius 3 is 2.67 bits per heavy atom. The standard InChI is InChI=1S/C14H25NO2S/c1-6-8-9-12-10-13(15(4)14(12)18-5)17-11(3)16-7-2/h10-11H,6-9H2,1-5H3. The van der Waals surface area contributed by atoms with Gasteiger partial charge in [0.25, 0.3) is 0 Å². The van der Waals surface area contributed by atoms with Crippen molar-refractivity contribution in [3.05, 3.63) is 11.6 Å². The minimum absolute atomic E-state index is 0.197. The average Bonchev–Trinajstić information content (AvgIpc) is 2.63. The Balaban J connectivity index is 2.82. The maximum atomic E-state index is 5.82. The van der Waals surface area contributed by atoms with Gasteiger partial charge >= 0.3 is 0 Å². The van der Waals surface area contributed by atoms with E-state index in [0.29, 0.717) is 6.61 Å². The number of nitrogens with zero attached hydrogens (tertiary/aromatic N) is 1. The predicted octanol–water partition coefficient (Wildman–Crippen LogP) is 3.85. The van der Waals surface area contributed by atoms with Crippen molar-refractivity contribution in [2.45, 2.75) is 51.3 Å². The van der Waals surface area contributed by atoms with Crippen molar-refractivity contribution in [2.24, 2.45) is 7.05 Å². The summed E-state index contributed by atoms with van der Waals surface area (Å²) < 4.78 is 13.4. The van der Waals surface area contributed by atoms with E-state index in [1.165, 1.54) is 23.4 Å². The zero-order chi connectivity index (χ0) is 13.5. The number of unbranched alkanes of at least 4 members (excludes halogenated alkanes) is 1. The first-order chi connectivity index (χ1) is 8.63. The zero-order valence-electron chi connectivity index (χ0n) is 12.2. The van der Waals surface area contributed by atoms with Gasteiger partial charge < -0.3 is 14.0 Å². The highest BCUT2D eigenvalue weighted by molar-refractivity contribution is 7.98. The van der Waals surface area contributed by atoms with Crippen molar-refractivity contribution in [3.63, 3.8) is 0 Å². The molecular formula is C14H25NO2S. The first-order valence-electron chi connectivity index (χ1n) is 6.64. The van der Waals surface area contributed by atoms with Crippen LogP contribution in [0.3, 0.4) is 0 Å². The quantitative estimate of drug-likeness (QED) is 0.530. The Labute approximate surface area is 115 Å². The van der Waals surface area contributed by atoms with Gasteiger partial charge in [-0.15, -0.1) is 11.8 Å². The molecule has 1 unspecified atom stereocenters. The third-order valence-electron chi connectivity index (χ3n) is 2.89. The van der Waals surface area contributed by atoms with Crippen molar-refractivity contribution in [3.8, 4) is 5.88 Å². The molecule has 0 N–H and O–H groups in total. The summed E-state index contributed by atoms with van der Waals surface area (Å²) in [4.78, 5) is 0. The molecule has 4 heteroatoms. The molecular weight excluding hydrogens is 246 g/mol.